The molecule has 1 amide bonds. The van der Waals surface area contributed by atoms with Crippen LogP contribution in [0.4, 0.5) is 0 Å². The molecule has 0 unspecified atom stereocenters. The first-order valence-corrected chi connectivity index (χ1v) is 3.39. The number of amides is 1. The van der Waals surface area contributed by atoms with E-state index in [-0.39, 0.29) is 5.92 Å². The quantitative estimate of drug-likeness (QED) is 0.473. The van der Waals surface area contributed by atoms with Gasteiger partial charge < -0.3 is 4.90 Å². The average Bonchev–Trinajstić information content (AvgIpc) is 1.98. The molecule has 2 heteroatoms. The van der Waals surface area contributed by atoms with E-state index in [0.717, 1.165) is 6.42 Å². The fourth-order valence-electron chi connectivity index (χ4n) is 1.34. The smallest absolute Gasteiger partial charge is 0.225 e. The number of hydrogen-bond acceptors (Lipinski definition) is 1. The normalized spacial score (nSPS) is 35.9. The maximum atomic E-state index is 11.0. The Balaban J connectivity index is 2.65. The van der Waals surface area contributed by atoms with Crippen LogP contribution in [0.25, 0.3) is 0 Å². The molecule has 0 aromatic rings. The molecule has 1 saturated heterocycles. The molecule has 9 heavy (non-hydrogen) atoms. The number of carbonyl (C=O) groups excluding carboxylic acids is 1. The Labute approximate surface area is 55.8 Å². The van der Waals surface area contributed by atoms with Gasteiger partial charge in [-0.25, -0.2) is 0 Å². The number of carbonyl (C=O) groups is 1. The number of likely N-dealkylation sites (tertiary alicyclic amines) is 1. The third kappa shape index (κ3) is 0.934. The van der Waals surface area contributed by atoms with Crippen LogP contribution in [0, 0.1) is 5.92 Å². The molecule has 0 N–H and O–H groups in total. The zero-order valence-electron chi connectivity index (χ0n) is 6.22. The summed E-state index contributed by atoms with van der Waals surface area (Å²) >= 11 is 0. The van der Waals surface area contributed by atoms with E-state index in [4.69, 9.17) is 0 Å². The summed E-state index contributed by atoms with van der Waals surface area (Å²) in [4.78, 5) is 12.9. The molecule has 0 saturated carbocycles. The van der Waals surface area contributed by atoms with Gasteiger partial charge in [0, 0.05) is 19.0 Å². The molecule has 0 bridgehead atoms. The van der Waals surface area contributed by atoms with E-state index in [1.807, 2.05) is 18.9 Å². The third-order valence-electron chi connectivity index (χ3n) is 2.13. The van der Waals surface area contributed by atoms with E-state index in [1.165, 1.54) is 0 Å². The topological polar surface area (TPSA) is 20.3 Å². The molecule has 2 nitrogen and oxygen atoms in total. The highest BCUT2D eigenvalue weighted by Crippen LogP contribution is 2.21. The van der Waals surface area contributed by atoms with Crippen molar-refractivity contribution in [2.45, 2.75) is 26.3 Å². The van der Waals surface area contributed by atoms with Gasteiger partial charge >= 0.3 is 0 Å². The summed E-state index contributed by atoms with van der Waals surface area (Å²) in [6.45, 7) is 4.07. The van der Waals surface area contributed by atoms with E-state index < -0.39 is 0 Å². The fraction of sp³-hybridized carbons (Fsp3) is 0.857. The summed E-state index contributed by atoms with van der Waals surface area (Å²) in [6.07, 6.45) is 1.02. The van der Waals surface area contributed by atoms with Crippen molar-refractivity contribution in [2.75, 3.05) is 7.05 Å². The van der Waals surface area contributed by atoms with Gasteiger partial charge in [0.2, 0.25) is 5.91 Å². The second-order valence-electron chi connectivity index (χ2n) is 2.93. The van der Waals surface area contributed by atoms with Gasteiger partial charge in [-0.2, -0.15) is 0 Å². The highest BCUT2D eigenvalue weighted by atomic mass is 16.2. The second-order valence-corrected chi connectivity index (χ2v) is 2.93. The molecular formula is C7H13NO. The van der Waals surface area contributed by atoms with Gasteiger partial charge in [0.05, 0.1) is 0 Å². The van der Waals surface area contributed by atoms with Gasteiger partial charge in [-0.3, -0.25) is 4.79 Å². The lowest BCUT2D eigenvalue weighted by Crippen LogP contribution is -2.26. The van der Waals surface area contributed by atoms with Crippen molar-refractivity contribution in [2.24, 2.45) is 5.92 Å². The Hall–Kier alpha value is -0.530. The van der Waals surface area contributed by atoms with Crippen molar-refractivity contribution in [3.05, 3.63) is 0 Å². The summed E-state index contributed by atoms with van der Waals surface area (Å²) < 4.78 is 0. The summed E-state index contributed by atoms with van der Waals surface area (Å²) in [5.41, 5.74) is 0. The largest absolute Gasteiger partial charge is 0.343 e. The van der Waals surface area contributed by atoms with Gasteiger partial charge in [0.1, 0.15) is 0 Å². The van der Waals surface area contributed by atoms with Gasteiger partial charge in [0.25, 0.3) is 0 Å². The maximum absolute atomic E-state index is 11.0. The summed E-state index contributed by atoms with van der Waals surface area (Å²) in [5, 5.41) is 0. The molecule has 52 valence electrons. The number of rotatable bonds is 0. The Bertz CT molecular complexity index is 133. The fourth-order valence-corrected chi connectivity index (χ4v) is 1.34. The average molecular weight is 127 g/mol. The first-order valence-electron chi connectivity index (χ1n) is 3.39. The van der Waals surface area contributed by atoms with Crippen molar-refractivity contribution >= 4 is 5.91 Å². The van der Waals surface area contributed by atoms with Crippen LogP contribution >= 0.6 is 0 Å². The highest BCUT2D eigenvalue weighted by molar-refractivity contribution is 5.80. The molecular weight excluding hydrogens is 114 g/mol. The predicted octanol–water partition coefficient (Wildman–Crippen LogP) is 0.873. The minimum atomic E-state index is 0.255. The zero-order valence-corrected chi connectivity index (χ0v) is 6.22. The molecule has 2 atom stereocenters. The minimum Gasteiger partial charge on any atom is -0.343 e. The van der Waals surface area contributed by atoms with Crippen LogP contribution in [0.3, 0.4) is 0 Å². The lowest BCUT2D eigenvalue weighted by Gasteiger charge is -2.13. The summed E-state index contributed by atoms with van der Waals surface area (Å²) in [5.74, 6) is 0.549. The van der Waals surface area contributed by atoms with Crippen LogP contribution in [-0.4, -0.2) is 23.9 Å². The molecule has 0 spiro atoms. The van der Waals surface area contributed by atoms with Crippen LogP contribution in [0.2, 0.25) is 0 Å². The third-order valence-corrected chi connectivity index (χ3v) is 2.13. The van der Waals surface area contributed by atoms with Gasteiger partial charge in [-0.1, -0.05) is 6.92 Å². The standard InChI is InChI=1S/C7H13NO/c1-5-4-6(2)8(3)7(5)9/h5-6H,4H2,1-3H3/t5-,6+/m0/s1. The van der Waals surface area contributed by atoms with Gasteiger partial charge in [-0.15, -0.1) is 0 Å². The molecule has 0 aromatic heterocycles. The Morgan fingerprint density at radius 1 is 1.56 bits per heavy atom. The lowest BCUT2D eigenvalue weighted by atomic mass is 10.1. The van der Waals surface area contributed by atoms with Crippen molar-refractivity contribution in [3.63, 3.8) is 0 Å². The molecule has 0 aliphatic carbocycles. The Morgan fingerprint density at radius 3 is 2.22 bits per heavy atom. The van der Waals surface area contributed by atoms with Crippen LogP contribution < -0.4 is 0 Å². The first-order chi connectivity index (χ1) is 4.13. The molecule has 1 heterocycles. The summed E-state index contributed by atoms with van der Waals surface area (Å²) in [7, 11) is 1.87. The van der Waals surface area contributed by atoms with Crippen molar-refractivity contribution in [3.8, 4) is 0 Å². The van der Waals surface area contributed by atoms with E-state index in [9.17, 15) is 4.79 Å². The molecule has 1 rings (SSSR count). The van der Waals surface area contributed by atoms with E-state index in [0.29, 0.717) is 11.9 Å². The van der Waals surface area contributed by atoms with E-state index in [1.54, 1.807) is 0 Å². The van der Waals surface area contributed by atoms with E-state index >= 15 is 0 Å². The zero-order chi connectivity index (χ0) is 7.02. The molecule has 0 radical (unpaired) electrons. The number of nitrogens with zero attached hydrogens (tertiary/aromatic N) is 1. The van der Waals surface area contributed by atoms with Crippen LogP contribution in [0.1, 0.15) is 20.3 Å². The highest BCUT2D eigenvalue weighted by Gasteiger charge is 2.30. The molecule has 1 aliphatic heterocycles. The predicted molar refractivity (Wildman–Crippen MR) is 36.0 cm³/mol. The van der Waals surface area contributed by atoms with Crippen molar-refractivity contribution in [1.82, 2.24) is 4.90 Å². The monoisotopic (exact) mass is 127 g/mol. The SMILES string of the molecule is C[C@@H]1C[C@H](C)C(=O)N1C. The van der Waals surface area contributed by atoms with Crippen molar-refractivity contribution in [1.29, 1.82) is 0 Å². The number of hydrogen-bond donors (Lipinski definition) is 0. The molecule has 1 aliphatic rings. The Kier molecular flexibility index (Phi) is 1.47. The molecule has 1 fully saturated rings. The van der Waals surface area contributed by atoms with Gasteiger partial charge in [-0.05, 0) is 13.3 Å². The van der Waals surface area contributed by atoms with Crippen LogP contribution in [0.5, 0.6) is 0 Å². The second kappa shape index (κ2) is 2.01. The van der Waals surface area contributed by atoms with Crippen molar-refractivity contribution < 1.29 is 4.79 Å². The first kappa shape index (κ1) is 6.59. The van der Waals surface area contributed by atoms with Crippen LogP contribution in [-0.2, 0) is 4.79 Å². The van der Waals surface area contributed by atoms with E-state index in [2.05, 4.69) is 6.92 Å². The van der Waals surface area contributed by atoms with Gasteiger partial charge in [0.15, 0.2) is 0 Å². The lowest BCUT2D eigenvalue weighted by molar-refractivity contribution is -0.130. The molecule has 0 aromatic carbocycles. The maximum Gasteiger partial charge on any atom is 0.225 e. The summed E-state index contributed by atoms with van der Waals surface area (Å²) in [6, 6.07) is 0.451. The minimum absolute atomic E-state index is 0.255. The Morgan fingerprint density at radius 2 is 2.11 bits per heavy atom. The van der Waals surface area contributed by atoms with Crippen LogP contribution in [0.15, 0.2) is 0 Å².